The molecule has 1 aliphatic rings. The van der Waals surface area contributed by atoms with Crippen LogP contribution in [0, 0.1) is 24.2 Å². The van der Waals surface area contributed by atoms with Crippen molar-refractivity contribution in [2.75, 3.05) is 5.32 Å². The monoisotopic (exact) mass is 296 g/mol. The summed E-state index contributed by atoms with van der Waals surface area (Å²) in [5.41, 5.74) is -2.64. The van der Waals surface area contributed by atoms with E-state index >= 15 is 0 Å². The minimum absolute atomic E-state index is 0.150. The molecule has 2 heterocycles. The molecule has 0 aliphatic carbocycles. The minimum atomic E-state index is -5.00. The third-order valence-electron chi connectivity index (χ3n) is 3.23. The number of nitrogens with one attached hydrogen (secondary N) is 2. The number of nitrogens with zero attached hydrogens (tertiary/aromatic N) is 2. The highest BCUT2D eigenvalue weighted by Crippen LogP contribution is 2.44. The molecular weight excluding hydrogens is 285 g/mol. The van der Waals surface area contributed by atoms with Crippen LogP contribution >= 0.6 is 0 Å². The fourth-order valence-electron chi connectivity index (χ4n) is 2.12. The second kappa shape index (κ2) is 4.77. The largest absolute Gasteiger partial charge is 0.422 e. The van der Waals surface area contributed by atoms with Crippen molar-refractivity contribution in [3.8, 4) is 6.07 Å². The standard InChI is InChI=1S/C13H11F3N4O/c1-7-3-4-10(18-6-7)20-12(13(14,15)16)9(5-17)8(2)19-11(12)21/h3-4,6,9H,2H2,1H3,(H,18,20)(H,19,21)/t9-,12+/m0/s1. The van der Waals surface area contributed by atoms with Gasteiger partial charge in [0.25, 0.3) is 5.91 Å². The van der Waals surface area contributed by atoms with Crippen molar-refractivity contribution in [2.45, 2.75) is 18.6 Å². The first-order valence-electron chi connectivity index (χ1n) is 5.90. The molecule has 1 aliphatic heterocycles. The fourth-order valence-corrected chi connectivity index (χ4v) is 2.12. The molecule has 0 radical (unpaired) electrons. The van der Waals surface area contributed by atoms with E-state index in [0.717, 1.165) is 5.56 Å². The Morgan fingerprint density at radius 3 is 2.67 bits per heavy atom. The molecule has 0 unspecified atom stereocenters. The molecule has 1 saturated heterocycles. The van der Waals surface area contributed by atoms with Gasteiger partial charge >= 0.3 is 6.18 Å². The summed E-state index contributed by atoms with van der Waals surface area (Å²) in [5.74, 6) is -3.30. The van der Waals surface area contributed by atoms with E-state index in [0.29, 0.717) is 0 Å². The first kappa shape index (κ1) is 14.8. The molecule has 0 bridgehead atoms. The van der Waals surface area contributed by atoms with Crippen LogP contribution in [0.5, 0.6) is 0 Å². The van der Waals surface area contributed by atoms with E-state index in [9.17, 15) is 18.0 Å². The molecule has 8 heteroatoms. The third-order valence-corrected chi connectivity index (χ3v) is 3.23. The van der Waals surface area contributed by atoms with Gasteiger partial charge in [0.2, 0.25) is 5.54 Å². The number of hydrogen-bond acceptors (Lipinski definition) is 4. The van der Waals surface area contributed by atoms with Gasteiger partial charge in [-0.05, 0) is 18.6 Å². The van der Waals surface area contributed by atoms with Crippen molar-refractivity contribution < 1.29 is 18.0 Å². The highest BCUT2D eigenvalue weighted by molar-refractivity contribution is 5.96. The average molecular weight is 296 g/mol. The first-order chi connectivity index (χ1) is 9.72. The van der Waals surface area contributed by atoms with Crippen molar-refractivity contribution >= 4 is 11.7 Å². The fraction of sp³-hybridized carbons (Fsp3) is 0.308. The van der Waals surface area contributed by atoms with Gasteiger partial charge in [-0.25, -0.2) is 4.98 Å². The molecule has 21 heavy (non-hydrogen) atoms. The maximum Gasteiger partial charge on any atom is 0.422 e. The van der Waals surface area contributed by atoms with Crippen LogP contribution in [0.25, 0.3) is 0 Å². The molecule has 0 saturated carbocycles. The van der Waals surface area contributed by atoms with E-state index in [1.165, 1.54) is 18.3 Å². The second-order valence-electron chi connectivity index (χ2n) is 4.69. The van der Waals surface area contributed by atoms with E-state index < -0.39 is 23.5 Å². The zero-order chi connectivity index (χ0) is 15.8. The lowest BCUT2D eigenvalue weighted by atomic mass is 9.85. The summed E-state index contributed by atoms with van der Waals surface area (Å²) in [5, 5.41) is 13.1. The molecule has 1 amide bonds. The van der Waals surface area contributed by atoms with E-state index in [1.807, 2.05) is 5.32 Å². The number of anilines is 1. The zero-order valence-corrected chi connectivity index (χ0v) is 11.0. The Kier molecular flexibility index (Phi) is 3.37. The Hall–Kier alpha value is -2.56. The Morgan fingerprint density at radius 1 is 1.52 bits per heavy atom. The van der Waals surface area contributed by atoms with Gasteiger partial charge in [0.1, 0.15) is 11.7 Å². The summed E-state index contributed by atoms with van der Waals surface area (Å²) >= 11 is 0. The Bertz CT molecular complexity index is 632. The number of hydrogen-bond donors (Lipinski definition) is 2. The normalized spacial score (nSPS) is 25.4. The average Bonchev–Trinajstić information content (AvgIpc) is 2.63. The summed E-state index contributed by atoms with van der Waals surface area (Å²) in [7, 11) is 0. The van der Waals surface area contributed by atoms with Gasteiger partial charge in [-0.15, -0.1) is 0 Å². The lowest BCUT2D eigenvalue weighted by Gasteiger charge is -2.32. The van der Waals surface area contributed by atoms with Crippen molar-refractivity contribution in [3.63, 3.8) is 0 Å². The molecule has 1 fully saturated rings. The maximum absolute atomic E-state index is 13.5. The number of aryl methyl sites for hydroxylation is 1. The predicted octanol–water partition coefficient (Wildman–Crippen LogP) is 1.89. The summed E-state index contributed by atoms with van der Waals surface area (Å²) in [6.45, 7) is 5.03. The van der Waals surface area contributed by atoms with Crippen LogP contribution in [0.2, 0.25) is 0 Å². The van der Waals surface area contributed by atoms with Crippen molar-refractivity contribution in [2.24, 2.45) is 5.92 Å². The summed E-state index contributed by atoms with van der Waals surface area (Å²) < 4.78 is 40.5. The number of rotatable bonds is 2. The molecule has 110 valence electrons. The van der Waals surface area contributed by atoms with Crippen LogP contribution in [0.1, 0.15) is 5.56 Å². The number of aromatic nitrogens is 1. The number of alkyl halides is 3. The molecule has 1 aromatic rings. The van der Waals surface area contributed by atoms with Crippen LogP contribution in [0.3, 0.4) is 0 Å². The lowest BCUT2D eigenvalue weighted by Crippen LogP contribution is -2.60. The lowest BCUT2D eigenvalue weighted by molar-refractivity contribution is -0.185. The number of carbonyl (C=O) groups excluding carboxylic acids is 1. The summed E-state index contributed by atoms with van der Waals surface area (Å²) in [6, 6.07) is 4.34. The maximum atomic E-state index is 13.5. The third kappa shape index (κ3) is 2.20. The highest BCUT2D eigenvalue weighted by Gasteiger charge is 2.69. The van der Waals surface area contributed by atoms with E-state index in [1.54, 1.807) is 13.0 Å². The van der Waals surface area contributed by atoms with E-state index in [2.05, 4.69) is 16.9 Å². The van der Waals surface area contributed by atoms with Gasteiger partial charge in [-0.2, -0.15) is 18.4 Å². The zero-order valence-electron chi connectivity index (χ0n) is 11.0. The van der Waals surface area contributed by atoms with Crippen LogP contribution in [0.15, 0.2) is 30.6 Å². The number of pyridine rings is 1. The molecule has 0 aromatic carbocycles. The molecule has 2 N–H and O–H groups in total. The highest BCUT2D eigenvalue weighted by atomic mass is 19.4. The Labute approximate surface area is 118 Å². The van der Waals surface area contributed by atoms with Crippen LogP contribution in [-0.4, -0.2) is 22.6 Å². The van der Waals surface area contributed by atoms with Gasteiger partial charge in [0.05, 0.1) is 6.07 Å². The molecule has 1 aromatic heterocycles. The topological polar surface area (TPSA) is 77.8 Å². The number of halogens is 3. The molecule has 5 nitrogen and oxygen atoms in total. The molecule has 2 atom stereocenters. The minimum Gasteiger partial charge on any atom is -0.347 e. The van der Waals surface area contributed by atoms with Gasteiger partial charge in [0.15, 0.2) is 0 Å². The smallest absolute Gasteiger partial charge is 0.347 e. The van der Waals surface area contributed by atoms with Crippen molar-refractivity contribution in [1.29, 1.82) is 5.26 Å². The van der Waals surface area contributed by atoms with E-state index in [-0.39, 0.29) is 11.5 Å². The summed E-state index contributed by atoms with van der Waals surface area (Å²) in [6.07, 6.45) is -3.64. The second-order valence-corrected chi connectivity index (χ2v) is 4.69. The van der Waals surface area contributed by atoms with Gasteiger partial charge < -0.3 is 10.6 Å². The van der Waals surface area contributed by atoms with Crippen LogP contribution < -0.4 is 10.6 Å². The van der Waals surface area contributed by atoms with Crippen LogP contribution in [0.4, 0.5) is 19.0 Å². The van der Waals surface area contributed by atoms with Crippen molar-refractivity contribution in [3.05, 3.63) is 36.2 Å². The Morgan fingerprint density at radius 2 is 2.19 bits per heavy atom. The van der Waals surface area contributed by atoms with Crippen LogP contribution in [-0.2, 0) is 4.79 Å². The predicted molar refractivity (Wildman–Crippen MR) is 67.8 cm³/mol. The van der Waals surface area contributed by atoms with Gasteiger partial charge in [-0.3, -0.25) is 4.79 Å². The molecular formula is C13H11F3N4O. The van der Waals surface area contributed by atoms with Crippen molar-refractivity contribution in [1.82, 2.24) is 10.3 Å². The molecule has 2 rings (SSSR count). The SMILES string of the molecule is C=C1NC(=O)[C@@](Nc2ccc(C)cn2)(C(F)(F)F)[C@H]1C#N. The number of nitriles is 1. The van der Waals surface area contributed by atoms with Gasteiger partial charge in [-0.1, -0.05) is 12.6 Å². The number of carbonyl (C=O) groups is 1. The summed E-state index contributed by atoms with van der Waals surface area (Å²) in [4.78, 5) is 15.7. The number of amides is 1. The van der Waals surface area contributed by atoms with E-state index in [4.69, 9.17) is 5.26 Å². The Balaban J connectivity index is 2.53. The van der Waals surface area contributed by atoms with Gasteiger partial charge in [0, 0.05) is 11.9 Å². The molecule has 0 spiro atoms. The first-order valence-corrected chi connectivity index (χ1v) is 5.90. The quantitative estimate of drug-likeness (QED) is 0.873.